The van der Waals surface area contributed by atoms with Gasteiger partial charge in [-0.2, -0.15) is 0 Å². The maximum atomic E-state index is 13.3. The first kappa shape index (κ1) is 11.1. The molecule has 4 heteroatoms. The summed E-state index contributed by atoms with van der Waals surface area (Å²) in [5.74, 6) is 0.478. The van der Waals surface area contributed by atoms with Crippen molar-refractivity contribution in [1.29, 1.82) is 0 Å². The minimum absolute atomic E-state index is 0.263. The number of nitrogens with one attached hydrogen (secondary N) is 1. The minimum atomic E-state index is -0.263. The fourth-order valence-electron chi connectivity index (χ4n) is 2.32. The third-order valence-electron chi connectivity index (χ3n) is 3.31. The molecule has 96 valence electrons. The number of imidazole rings is 1. The zero-order valence-electron chi connectivity index (χ0n) is 10.5. The smallest absolute Gasteiger partial charge is 0.140 e. The second kappa shape index (κ2) is 4.13. The number of fused-ring (bicyclic) bond motifs is 2. The van der Waals surface area contributed by atoms with Crippen molar-refractivity contribution in [3.8, 4) is 11.4 Å². The highest BCUT2D eigenvalue weighted by Crippen LogP contribution is 2.23. The number of hydrogen-bond acceptors (Lipinski definition) is 2. The molecule has 3 nitrogen and oxygen atoms in total. The summed E-state index contributed by atoms with van der Waals surface area (Å²) in [5, 5.41) is 0.767. The van der Waals surface area contributed by atoms with Gasteiger partial charge in [0.25, 0.3) is 0 Å². The predicted octanol–water partition coefficient (Wildman–Crippen LogP) is 3.92. The number of H-pyrrole nitrogens is 1. The zero-order chi connectivity index (χ0) is 13.5. The van der Waals surface area contributed by atoms with Gasteiger partial charge in [-0.3, -0.25) is 4.98 Å². The SMILES string of the molecule is Fc1ccc2ncc(-c3nc4ccccc4[nH]3)cc2c1. The number of hydrogen-bond donors (Lipinski definition) is 1. The summed E-state index contributed by atoms with van der Waals surface area (Å²) < 4.78 is 13.3. The van der Waals surface area contributed by atoms with E-state index < -0.39 is 0 Å². The molecule has 1 N–H and O–H groups in total. The molecule has 4 aromatic rings. The molecule has 0 bridgehead atoms. The Morgan fingerprint density at radius 2 is 1.85 bits per heavy atom. The van der Waals surface area contributed by atoms with Gasteiger partial charge in [0.2, 0.25) is 0 Å². The molecule has 0 saturated carbocycles. The van der Waals surface area contributed by atoms with Crippen LogP contribution in [0.15, 0.2) is 54.7 Å². The molecule has 0 fully saturated rings. The van der Waals surface area contributed by atoms with Gasteiger partial charge in [0.15, 0.2) is 0 Å². The Balaban J connectivity index is 1.92. The van der Waals surface area contributed by atoms with Crippen LogP contribution in [0.25, 0.3) is 33.3 Å². The van der Waals surface area contributed by atoms with Crippen LogP contribution >= 0.6 is 0 Å². The number of aromatic amines is 1. The highest BCUT2D eigenvalue weighted by atomic mass is 19.1. The van der Waals surface area contributed by atoms with Crippen LogP contribution in [0.4, 0.5) is 4.39 Å². The average Bonchev–Trinajstić information content (AvgIpc) is 2.90. The molecule has 20 heavy (non-hydrogen) atoms. The summed E-state index contributed by atoms with van der Waals surface area (Å²) in [5.41, 5.74) is 3.49. The van der Waals surface area contributed by atoms with Crippen molar-refractivity contribution in [3.05, 3.63) is 60.5 Å². The monoisotopic (exact) mass is 263 g/mol. The first-order chi connectivity index (χ1) is 9.79. The van der Waals surface area contributed by atoms with E-state index in [0.29, 0.717) is 0 Å². The lowest BCUT2D eigenvalue weighted by atomic mass is 10.1. The van der Waals surface area contributed by atoms with Crippen LogP contribution < -0.4 is 0 Å². The molecule has 2 aromatic heterocycles. The first-order valence-electron chi connectivity index (χ1n) is 6.30. The van der Waals surface area contributed by atoms with Crippen LogP contribution in [-0.4, -0.2) is 15.0 Å². The Kier molecular flexibility index (Phi) is 2.29. The number of halogens is 1. The molecule has 0 atom stereocenters. The molecular weight excluding hydrogens is 253 g/mol. The Morgan fingerprint density at radius 1 is 0.950 bits per heavy atom. The fourth-order valence-corrected chi connectivity index (χ4v) is 2.32. The van der Waals surface area contributed by atoms with E-state index >= 15 is 0 Å². The Bertz CT molecular complexity index is 894. The Labute approximate surface area is 114 Å². The van der Waals surface area contributed by atoms with E-state index in [4.69, 9.17) is 0 Å². The number of aromatic nitrogens is 3. The van der Waals surface area contributed by atoms with Crippen LogP contribution in [0.1, 0.15) is 0 Å². The highest BCUT2D eigenvalue weighted by Gasteiger charge is 2.06. The second-order valence-electron chi connectivity index (χ2n) is 4.66. The predicted molar refractivity (Wildman–Crippen MR) is 76.8 cm³/mol. The van der Waals surface area contributed by atoms with Crippen molar-refractivity contribution in [1.82, 2.24) is 15.0 Å². The lowest BCUT2D eigenvalue weighted by Crippen LogP contribution is -1.85. The number of rotatable bonds is 1. The lowest BCUT2D eigenvalue weighted by Gasteiger charge is -2.00. The molecule has 4 rings (SSSR count). The van der Waals surface area contributed by atoms with E-state index in [1.165, 1.54) is 12.1 Å². The van der Waals surface area contributed by atoms with Gasteiger partial charge in [-0.15, -0.1) is 0 Å². The standard InChI is InChI=1S/C16H10FN3/c17-12-5-6-13-10(8-12)7-11(9-18-13)16-19-14-3-1-2-4-15(14)20-16/h1-9H,(H,19,20). The van der Waals surface area contributed by atoms with Gasteiger partial charge in [0.05, 0.1) is 16.6 Å². The molecule has 0 amide bonds. The number of para-hydroxylation sites is 2. The van der Waals surface area contributed by atoms with Gasteiger partial charge in [0, 0.05) is 17.1 Å². The maximum absolute atomic E-state index is 13.3. The third kappa shape index (κ3) is 1.73. The van der Waals surface area contributed by atoms with Crippen molar-refractivity contribution in [2.24, 2.45) is 0 Å². The van der Waals surface area contributed by atoms with Crippen molar-refractivity contribution < 1.29 is 4.39 Å². The summed E-state index contributed by atoms with van der Waals surface area (Å²) in [7, 11) is 0. The summed E-state index contributed by atoms with van der Waals surface area (Å²) in [6, 6.07) is 14.3. The minimum Gasteiger partial charge on any atom is -0.338 e. The Morgan fingerprint density at radius 3 is 2.75 bits per heavy atom. The van der Waals surface area contributed by atoms with Crippen molar-refractivity contribution >= 4 is 21.9 Å². The highest BCUT2D eigenvalue weighted by molar-refractivity contribution is 5.84. The van der Waals surface area contributed by atoms with Gasteiger partial charge >= 0.3 is 0 Å². The molecule has 2 aromatic carbocycles. The van der Waals surface area contributed by atoms with Gasteiger partial charge in [0.1, 0.15) is 11.6 Å². The lowest BCUT2D eigenvalue weighted by molar-refractivity contribution is 0.629. The third-order valence-corrected chi connectivity index (χ3v) is 3.31. The number of pyridine rings is 1. The molecular formula is C16H10FN3. The summed E-state index contributed by atoms with van der Waals surface area (Å²) in [4.78, 5) is 12.1. The fraction of sp³-hybridized carbons (Fsp3) is 0. The second-order valence-corrected chi connectivity index (χ2v) is 4.66. The molecule has 0 aliphatic carbocycles. The van der Waals surface area contributed by atoms with E-state index in [-0.39, 0.29) is 5.82 Å². The summed E-state index contributed by atoms with van der Waals surface area (Å²) >= 11 is 0. The zero-order valence-corrected chi connectivity index (χ0v) is 10.5. The largest absolute Gasteiger partial charge is 0.338 e. The van der Waals surface area contributed by atoms with Gasteiger partial charge < -0.3 is 4.98 Å². The Hall–Kier alpha value is -2.75. The van der Waals surface area contributed by atoms with Crippen LogP contribution in [0, 0.1) is 5.82 Å². The van der Waals surface area contributed by atoms with Crippen LogP contribution in [-0.2, 0) is 0 Å². The van der Waals surface area contributed by atoms with Crippen molar-refractivity contribution in [2.75, 3.05) is 0 Å². The summed E-state index contributed by atoms with van der Waals surface area (Å²) in [6.45, 7) is 0. The van der Waals surface area contributed by atoms with Crippen LogP contribution in [0.3, 0.4) is 0 Å². The summed E-state index contributed by atoms with van der Waals surface area (Å²) in [6.07, 6.45) is 1.75. The average molecular weight is 263 g/mol. The molecule has 0 aliphatic rings. The van der Waals surface area contributed by atoms with E-state index in [2.05, 4.69) is 15.0 Å². The van der Waals surface area contributed by atoms with Crippen LogP contribution in [0.5, 0.6) is 0 Å². The molecule has 2 heterocycles. The molecule has 0 unspecified atom stereocenters. The molecule has 0 radical (unpaired) electrons. The van der Waals surface area contributed by atoms with Crippen LogP contribution in [0.2, 0.25) is 0 Å². The topological polar surface area (TPSA) is 41.6 Å². The van der Waals surface area contributed by atoms with Gasteiger partial charge in [-0.25, -0.2) is 9.37 Å². The first-order valence-corrected chi connectivity index (χ1v) is 6.30. The maximum Gasteiger partial charge on any atom is 0.140 e. The molecule has 0 spiro atoms. The molecule has 0 aliphatic heterocycles. The van der Waals surface area contributed by atoms with E-state index in [0.717, 1.165) is 33.3 Å². The van der Waals surface area contributed by atoms with Crippen molar-refractivity contribution in [3.63, 3.8) is 0 Å². The van der Waals surface area contributed by atoms with Gasteiger partial charge in [-0.1, -0.05) is 12.1 Å². The quantitative estimate of drug-likeness (QED) is 0.565. The number of benzene rings is 2. The normalized spacial score (nSPS) is 11.2. The number of nitrogens with zero attached hydrogens (tertiary/aromatic N) is 2. The van der Waals surface area contributed by atoms with Gasteiger partial charge in [-0.05, 0) is 36.4 Å². The van der Waals surface area contributed by atoms with E-state index in [1.807, 2.05) is 30.3 Å². The van der Waals surface area contributed by atoms with E-state index in [9.17, 15) is 4.39 Å². The van der Waals surface area contributed by atoms with E-state index in [1.54, 1.807) is 12.3 Å². The van der Waals surface area contributed by atoms with Crippen molar-refractivity contribution in [2.45, 2.75) is 0 Å². The molecule has 0 saturated heterocycles.